The van der Waals surface area contributed by atoms with Crippen molar-refractivity contribution < 1.29 is 19.1 Å². The molecule has 148 valence electrons. The van der Waals surface area contributed by atoms with Crippen molar-refractivity contribution in [1.82, 2.24) is 9.30 Å². The highest BCUT2D eigenvalue weighted by atomic mass is 32.1. The van der Waals surface area contributed by atoms with Gasteiger partial charge in [-0.2, -0.15) is 9.99 Å². The summed E-state index contributed by atoms with van der Waals surface area (Å²) in [6.07, 6.45) is 1.78. The third-order valence-electron chi connectivity index (χ3n) is 4.68. The molecule has 0 bridgehead atoms. The van der Waals surface area contributed by atoms with Crippen molar-refractivity contribution in [2.45, 2.75) is 38.4 Å². The number of ether oxygens (including phenoxy) is 2. The molecular weight excluding hydrogens is 390 g/mol. The predicted molar refractivity (Wildman–Crippen MR) is 107 cm³/mol. The second-order valence-electron chi connectivity index (χ2n) is 7.19. The molecule has 0 aliphatic carbocycles. The minimum atomic E-state index is -0.951. The van der Waals surface area contributed by atoms with E-state index in [-0.39, 0.29) is 0 Å². The largest absolute Gasteiger partial charge is 0.364 e. The van der Waals surface area contributed by atoms with Gasteiger partial charge in [-0.3, -0.25) is 0 Å². The topological polar surface area (TPSA) is 78.4 Å². The van der Waals surface area contributed by atoms with E-state index in [4.69, 9.17) is 26.5 Å². The average Bonchev–Trinajstić information content (AvgIpc) is 3.20. The van der Waals surface area contributed by atoms with Crippen LogP contribution in [-0.4, -0.2) is 33.3 Å². The third kappa shape index (κ3) is 3.80. The summed E-state index contributed by atoms with van der Waals surface area (Å²) in [5, 5.41) is 10.3. The summed E-state index contributed by atoms with van der Waals surface area (Å²) >= 11 is 5.17. The van der Waals surface area contributed by atoms with E-state index in [0.29, 0.717) is 16.7 Å². The molecule has 0 unspecified atom stereocenters. The lowest BCUT2D eigenvalue weighted by Crippen LogP contribution is -2.40. The molecule has 0 N–H and O–H groups in total. The molecule has 4 rings (SSSR count). The Morgan fingerprint density at radius 2 is 2.00 bits per heavy atom. The van der Waals surface area contributed by atoms with Crippen LogP contribution < -0.4 is 4.84 Å². The number of nitrogens with zero attached hydrogens (tertiary/aromatic N) is 3. The number of hydrogen-bond donors (Lipinski definition) is 0. The number of pyridine rings is 1. The highest BCUT2D eigenvalue weighted by molar-refractivity contribution is 7.71. The Kier molecular flexibility index (Phi) is 4.96. The summed E-state index contributed by atoms with van der Waals surface area (Å²) in [4.78, 5) is 18.2. The van der Waals surface area contributed by atoms with E-state index in [1.165, 1.54) is 4.73 Å². The Morgan fingerprint density at radius 1 is 1.24 bits per heavy atom. The molecule has 1 saturated heterocycles. The monoisotopic (exact) mass is 409 g/mol. The molecule has 2 atom stereocenters. The molecule has 0 saturated carbocycles. The number of benzene rings is 1. The summed E-state index contributed by atoms with van der Waals surface area (Å²) in [7, 11) is 0. The molecule has 0 spiro atoms. The zero-order valence-corrected chi connectivity index (χ0v) is 16.8. The van der Waals surface area contributed by atoms with Crippen molar-refractivity contribution in [1.29, 1.82) is 5.26 Å². The van der Waals surface area contributed by atoms with Gasteiger partial charge in [0.2, 0.25) is 0 Å². The lowest BCUT2D eigenvalue weighted by atomic mass is 10.2. The van der Waals surface area contributed by atoms with Crippen molar-refractivity contribution in [3.05, 3.63) is 65.1 Å². The quantitative estimate of drug-likeness (QED) is 0.616. The Hall–Kier alpha value is -2.99. The highest BCUT2D eigenvalue weighted by Gasteiger charge is 2.46. The number of carbonyl (C=O) groups excluding carboxylic acids is 1. The zero-order valence-electron chi connectivity index (χ0n) is 15.9. The maximum atomic E-state index is 12.8. The van der Waals surface area contributed by atoms with E-state index < -0.39 is 24.0 Å². The van der Waals surface area contributed by atoms with Crippen LogP contribution in [0.4, 0.5) is 0 Å². The molecule has 29 heavy (non-hydrogen) atoms. The fraction of sp³-hybridized carbons (Fsp3) is 0.286. The second-order valence-corrected chi connectivity index (χ2v) is 7.61. The van der Waals surface area contributed by atoms with Crippen LogP contribution in [0.15, 0.2) is 54.9 Å². The van der Waals surface area contributed by atoms with Crippen molar-refractivity contribution in [3.8, 4) is 6.07 Å². The molecule has 1 aliphatic heterocycles. The van der Waals surface area contributed by atoms with E-state index in [0.717, 1.165) is 10.9 Å². The summed E-state index contributed by atoms with van der Waals surface area (Å²) in [6, 6.07) is 14.9. The van der Waals surface area contributed by atoms with Gasteiger partial charge in [0.25, 0.3) is 0 Å². The third-order valence-corrected chi connectivity index (χ3v) is 4.99. The van der Waals surface area contributed by atoms with E-state index in [1.807, 2.05) is 28.8 Å². The number of fused-ring (bicyclic) bond motifs is 1. The van der Waals surface area contributed by atoms with Crippen LogP contribution in [0.5, 0.6) is 0 Å². The zero-order chi connectivity index (χ0) is 20.6. The number of hydrogen-bond acceptors (Lipinski definition) is 6. The molecule has 7 nitrogen and oxygen atoms in total. The molecule has 3 heterocycles. The first-order valence-corrected chi connectivity index (χ1v) is 9.52. The van der Waals surface area contributed by atoms with Crippen molar-refractivity contribution in [2.75, 3.05) is 0 Å². The number of carbonyl (C=O) groups is 1. The fourth-order valence-corrected chi connectivity index (χ4v) is 3.66. The van der Waals surface area contributed by atoms with E-state index in [1.54, 1.807) is 44.4 Å². The first-order valence-electron chi connectivity index (χ1n) is 9.11. The van der Waals surface area contributed by atoms with Crippen molar-refractivity contribution >= 4 is 29.1 Å². The molecule has 3 aromatic rings. The lowest BCUT2D eigenvalue weighted by molar-refractivity contribution is -0.170. The van der Waals surface area contributed by atoms with Crippen LogP contribution in [0.3, 0.4) is 0 Å². The van der Waals surface area contributed by atoms with E-state index in [2.05, 4.69) is 6.07 Å². The highest BCUT2D eigenvalue weighted by Crippen LogP contribution is 2.31. The van der Waals surface area contributed by atoms with Gasteiger partial charge in [0, 0.05) is 23.3 Å². The second kappa shape index (κ2) is 7.44. The van der Waals surface area contributed by atoms with Crippen LogP contribution >= 0.6 is 12.2 Å². The predicted octanol–water partition coefficient (Wildman–Crippen LogP) is 3.22. The standard InChI is InChI=1S/C21H19N3O4S/c1-21(2)26-17(13-23-12-14(11-22)15-7-3-4-8-16(15)23)19(27-21)20(25)28-24-10-6-5-9-18(24)29/h3-10,12,17,19H,13H2,1-2H3/t17-,19+/m0/s1. The Labute approximate surface area is 172 Å². The van der Waals surface area contributed by atoms with Crippen LogP contribution in [0.25, 0.3) is 10.9 Å². The first-order chi connectivity index (χ1) is 13.9. The normalized spacial score (nSPS) is 20.4. The molecular formula is C21H19N3O4S. The van der Waals surface area contributed by atoms with Crippen LogP contribution in [0, 0.1) is 16.0 Å². The molecule has 1 fully saturated rings. The van der Waals surface area contributed by atoms with Crippen molar-refractivity contribution in [3.63, 3.8) is 0 Å². The number of nitriles is 1. The molecule has 1 aromatic carbocycles. The van der Waals surface area contributed by atoms with E-state index >= 15 is 0 Å². The first kappa shape index (κ1) is 19.3. The Bertz CT molecular complexity index is 1170. The maximum absolute atomic E-state index is 12.8. The SMILES string of the molecule is CC1(C)O[C@@H](Cn2cc(C#N)c3ccccc32)[C@H](C(=O)On2ccccc2=S)O1. The maximum Gasteiger partial charge on any atom is 0.364 e. The van der Waals surface area contributed by atoms with Crippen molar-refractivity contribution in [2.24, 2.45) is 0 Å². The molecule has 2 aromatic heterocycles. The van der Waals surface area contributed by atoms with Gasteiger partial charge in [-0.05, 0) is 32.0 Å². The summed E-state index contributed by atoms with van der Waals surface area (Å²) in [5.41, 5.74) is 1.45. The van der Waals surface area contributed by atoms with Gasteiger partial charge in [-0.1, -0.05) is 36.5 Å². The van der Waals surface area contributed by atoms with Gasteiger partial charge < -0.3 is 18.9 Å². The summed E-state index contributed by atoms with van der Waals surface area (Å²) in [5.74, 6) is -1.55. The molecule has 0 radical (unpaired) electrons. The summed E-state index contributed by atoms with van der Waals surface area (Å²) in [6.45, 7) is 3.82. The Morgan fingerprint density at radius 3 is 2.76 bits per heavy atom. The average molecular weight is 409 g/mol. The fourth-order valence-electron chi connectivity index (χ4n) is 3.49. The van der Waals surface area contributed by atoms with Gasteiger partial charge in [-0.15, -0.1) is 0 Å². The minimum Gasteiger partial charge on any atom is -0.343 e. The van der Waals surface area contributed by atoms with Crippen LogP contribution in [0.1, 0.15) is 19.4 Å². The minimum absolute atomic E-state index is 0.325. The van der Waals surface area contributed by atoms with Gasteiger partial charge in [0.1, 0.15) is 16.8 Å². The van der Waals surface area contributed by atoms with Gasteiger partial charge in [0.15, 0.2) is 11.9 Å². The lowest BCUT2D eigenvalue weighted by Gasteiger charge is -2.17. The Balaban J connectivity index is 1.62. The molecule has 1 aliphatic rings. The van der Waals surface area contributed by atoms with Gasteiger partial charge in [0.05, 0.1) is 12.1 Å². The van der Waals surface area contributed by atoms with Crippen LogP contribution in [-0.2, 0) is 20.8 Å². The molecule has 8 heteroatoms. The number of rotatable bonds is 4. The number of para-hydroxylation sites is 1. The van der Waals surface area contributed by atoms with Gasteiger partial charge in [-0.25, -0.2) is 4.79 Å². The smallest absolute Gasteiger partial charge is 0.343 e. The van der Waals surface area contributed by atoms with Crippen LogP contribution in [0.2, 0.25) is 0 Å². The number of aromatic nitrogens is 2. The molecule has 0 amide bonds. The van der Waals surface area contributed by atoms with Gasteiger partial charge >= 0.3 is 5.97 Å². The summed E-state index contributed by atoms with van der Waals surface area (Å²) < 4.78 is 15.3. The van der Waals surface area contributed by atoms with E-state index in [9.17, 15) is 10.1 Å².